The van der Waals surface area contributed by atoms with Crippen molar-refractivity contribution in [3.05, 3.63) is 24.3 Å². The molecule has 2 fully saturated rings. The van der Waals surface area contributed by atoms with Crippen LogP contribution in [0, 0.1) is 28.1 Å². The van der Waals surface area contributed by atoms with Gasteiger partial charge in [0.05, 0.1) is 6.10 Å². The Morgan fingerprint density at radius 1 is 1.27 bits per heavy atom. The average Bonchev–Trinajstić information content (AvgIpc) is 2.47. The predicted octanol–water partition coefficient (Wildman–Crippen LogP) is 4.29. The summed E-state index contributed by atoms with van der Waals surface area (Å²) in [4.78, 5) is 12.9. The van der Waals surface area contributed by atoms with Crippen LogP contribution < -0.4 is 0 Å². The highest BCUT2D eigenvalue weighted by Crippen LogP contribution is 2.62. The summed E-state index contributed by atoms with van der Waals surface area (Å²) in [7, 11) is 0. The summed E-state index contributed by atoms with van der Waals surface area (Å²) >= 11 is 0. The Kier molecular flexibility index (Phi) is 3.49. The number of rotatable bonds is 1. The molecule has 3 aliphatic rings. The van der Waals surface area contributed by atoms with E-state index in [2.05, 4.69) is 40.3 Å². The highest BCUT2D eigenvalue weighted by Gasteiger charge is 2.59. The largest absolute Gasteiger partial charge is 0.388 e. The maximum absolute atomic E-state index is 12.9. The number of aliphatic hydroxyl groups excluding tert-OH is 1. The van der Waals surface area contributed by atoms with Crippen LogP contribution in [-0.4, -0.2) is 17.0 Å². The van der Waals surface area contributed by atoms with Gasteiger partial charge in [-0.05, 0) is 48.5 Å². The first-order chi connectivity index (χ1) is 10.2. The first kappa shape index (κ1) is 16.0. The number of aliphatic hydroxyl groups is 1. The minimum absolute atomic E-state index is 0.203. The van der Waals surface area contributed by atoms with E-state index in [-0.39, 0.29) is 22.2 Å². The Labute approximate surface area is 134 Å². The van der Waals surface area contributed by atoms with Gasteiger partial charge in [0.2, 0.25) is 0 Å². The third-order valence-corrected chi connectivity index (χ3v) is 7.36. The van der Waals surface area contributed by atoms with Crippen molar-refractivity contribution in [2.45, 2.75) is 65.9 Å². The number of carbonyl (C=O) groups is 1. The van der Waals surface area contributed by atoms with Crippen LogP contribution in [0.1, 0.15) is 59.8 Å². The molecule has 2 saturated carbocycles. The number of fused-ring (bicyclic) bond motifs is 3. The molecule has 1 N–H and O–H groups in total. The monoisotopic (exact) mass is 302 g/mol. The van der Waals surface area contributed by atoms with Gasteiger partial charge in [-0.1, -0.05) is 39.8 Å². The Balaban J connectivity index is 2.06. The molecule has 22 heavy (non-hydrogen) atoms. The molecule has 0 aromatic heterocycles. The standard InChI is InChI=1S/C20H30O2/c1-6-19(4)12-9-14-13(17(19)22)7-8-15-18(2,3)11-10-16(21)20(14,15)5/h6-7,14-15,17,22H,1,8-12H2,2-5H3/t14-,15-,17+,19-,20+/m0/s1. The van der Waals surface area contributed by atoms with E-state index in [9.17, 15) is 9.90 Å². The van der Waals surface area contributed by atoms with Crippen LogP contribution in [0.3, 0.4) is 0 Å². The number of carbonyl (C=O) groups excluding carboxylic acids is 1. The zero-order chi connectivity index (χ0) is 16.3. The molecule has 0 aromatic rings. The third-order valence-electron chi connectivity index (χ3n) is 7.36. The number of Topliss-reactive ketones (excluding diaryl/α,β-unsaturated/α-hetero) is 1. The zero-order valence-electron chi connectivity index (χ0n) is 14.5. The predicted molar refractivity (Wildman–Crippen MR) is 89.4 cm³/mol. The molecule has 0 unspecified atom stereocenters. The number of hydrogen-bond donors (Lipinski definition) is 1. The Morgan fingerprint density at radius 3 is 2.59 bits per heavy atom. The molecule has 0 aromatic carbocycles. The van der Waals surface area contributed by atoms with Gasteiger partial charge in [0, 0.05) is 17.3 Å². The SMILES string of the molecule is C=C[C@@]1(C)CC[C@H]2C(=CC[C@H]3C(C)(C)CCC(=O)[C@]23C)[C@H]1O. The van der Waals surface area contributed by atoms with Crippen LogP contribution in [0.5, 0.6) is 0 Å². The third kappa shape index (κ3) is 1.92. The summed E-state index contributed by atoms with van der Waals surface area (Å²) in [5.74, 6) is 1.03. The molecule has 0 amide bonds. The molecule has 3 aliphatic carbocycles. The molecule has 5 atom stereocenters. The number of allylic oxidation sites excluding steroid dienone is 1. The molecule has 0 saturated heterocycles. The Bertz CT molecular complexity index is 544. The lowest BCUT2D eigenvalue weighted by molar-refractivity contribution is -0.149. The second-order valence-corrected chi connectivity index (χ2v) is 8.89. The molecule has 2 nitrogen and oxygen atoms in total. The molecule has 0 radical (unpaired) electrons. The van der Waals surface area contributed by atoms with E-state index in [0.29, 0.717) is 18.1 Å². The fourth-order valence-corrected chi connectivity index (χ4v) is 5.58. The molecule has 0 aliphatic heterocycles. The number of hydrogen-bond acceptors (Lipinski definition) is 2. The van der Waals surface area contributed by atoms with Crippen LogP contribution >= 0.6 is 0 Å². The van der Waals surface area contributed by atoms with Crippen molar-refractivity contribution in [2.75, 3.05) is 0 Å². The molecule has 2 heteroatoms. The molecule has 3 rings (SSSR count). The Hall–Kier alpha value is -0.890. The zero-order valence-corrected chi connectivity index (χ0v) is 14.5. The van der Waals surface area contributed by atoms with Crippen molar-refractivity contribution in [3.63, 3.8) is 0 Å². The topological polar surface area (TPSA) is 37.3 Å². The van der Waals surface area contributed by atoms with Gasteiger partial charge < -0.3 is 5.11 Å². The lowest BCUT2D eigenvalue weighted by Crippen LogP contribution is -2.57. The fourth-order valence-electron chi connectivity index (χ4n) is 5.58. The molecule has 0 heterocycles. The van der Waals surface area contributed by atoms with E-state index in [1.807, 2.05) is 6.08 Å². The summed E-state index contributed by atoms with van der Waals surface area (Å²) in [6.07, 6.45) is 8.17. The molecular formula is C20H30O2. The number of ketones is 1. The van der Waals surface area contributed by atoms with Gasteiger partial charge in [0.25, 0.3) is 0 Å². The van der Waals surface area contributed by atoms with Crippen molar-refractivity contribution < 1.29 is 9.90 Å². The summed E-state index contributed by atoms with van der Waals surface area (Å²) in [6.45, 7) is 12.8. The lowest BCUT2D eigenvalue weighted by atomic mass is 9.45. The van der Waals surface area contributed by atoms with Crippen molar-refractivity contribution in [1.82, 2.24) is 0 Å². The highest BCUT2D eigenvalue weighted by molar-refractivity contribution is 5.87. The summed E-state index contributed by atoms with van der Waals surface area (Å²) in [5, 5.41) is 10.9. The van der Waals surface area contributed by atoms with Gasteiger partial charge in [-0.2, -0.15) is 0 Å². The second-order valence-electron chi connectivity index (χ2n) is 8.89. The van der Waals surface area contributed by atoms with Crippen molar-refractivity contribution in [3.8, 4) is 0 Å². The van der Waals surface area contributed by atoms with Crippen LogP contribution in [0.15, 0.2) is 24.3 Å². The minimum Gasteiger partial charge on any atom is -0.388 e. The minimum atomic E-state index is -0.487. The van der Waals surface area contributed by atoms with Gasteiger partial charge in [0.1, 0.15) is 5.78 Å². The van der Waals surface area contributed by atoms with Gasteiger partial charge in [-0.3, -0.25) is 4.79 Å². The van der Waals surface area contributed by atoms with Crippen LogP contribution in [0.4, 0.5) is 0 Å². The first-order valence-electron chi connectivity index (χ1n) is 8.72. The van der Waals surface area contributed by atoms with Gasteiger partial charge in [0.15, 0.2) is 0 Å². The summed E-state index contributed by atoms with van der Waals surface area (Å²) in [6, 6.07) is 0. The second kappa shape index (κ2) is 4.80. The van der Waals surface area contributed by atoms with Crippen molar-refractivity contribution in [1.29, 1.82) is 0 Å². The molecule has 0 bridgehead atoms. The smallest absolute Gasteiger partial charge is 0.139 e. The van der Waals surface area contributed by atoms with E-state index in [1.165, 1.54) is 0 Å². The molecule has 0 spiro atoms. The quantitative estimate of drug-likeness (QED) is 0.734. The van der Waals surface area contributed by atoms with E-state index in [4.69, 9.17) is 0 Å². The maximum atomic E-state index is 12.9. The van der Waals surface area contributed by atoms with Crippen LogP contribution in [0.25, 0.3) is 0 Å². The lowest BCUT2D eigenvalue weighted by Gasteiger charge is -2.58. The van der Waals surface area contributed by atoms with E-state index in [0.717, 1.165) is 31.3 Å². The normalized spacial score (nSPS) is 47.2. The van der Waals surface area contributed by atoms with Gasteiger partial charge >= 0.3 is 0 Å². The molecule has 122 valence electrons. The van der Waals surface area contributed by atoms with E-state index >= 15 is 0 Å². The van der Waals surface area contributed by atoms with Crippen LogP contribution in [0.2, 0.25) is 0 Å². The highest BCUT2D eigenvalue weighted by atomic mass is 16.3. The first-order valence-corrected chi connectivity index (χ1v) is 8.72. The van der Waals surface area contributed by atoms with Gasteiger partial charge in [-0.15, -0.1) is 6.58 Å². The van der Waals surface area contributed by atoms with E-state index in [1.54, 1.807) is 0 Å². The Morgan fingerprint density at radius 2 is 1.95 bits per heavy atom. The van der Waals surface area contributed by atoms with Crippen LogP contribution in [-0.2, 0) is 4.79 Å². The maximum Gasteiger partial charge on any atom is 0.139 e. The fraction of sp³-hybridized carbons (Fsp3) is 0.750. The molecular weight excluding hydrogens is 272 g/mol. The van der Waals surface area contributed by atoms with Crippen molar-refractivity contribution >= 4 is 5.78 Å². The van der Waals surface area contributed by atoms with Gasteiger partial charge in [-0.25, -0.2) is 0 Å². The van der Waals surface area contributed by atoms with Crippen molar-refractivity contribution in [2.24, 2.45) is 28.1 Å². The summed E-state index contributed by atoms with van der Waals surface area (Å²) < 4.78 is 0. The summed E-state index contributed by atoms with van der Waals surface area (Å²) in [5.41, 5.74) is 0.765. The van der Waals surface area contributed by atoms with E-state index < -0.39 is 6.10 Å². The average molecular weight is 302 g/mol.